The maximum Gasteiger partial charge on any atom is 0.263 e. The van der Waals surface area contributed by atoms with Crippen LogP contribution in [0.25, 0.3) is 10.2 Å². The number of halogens is 1. The molecule has 1 amide bonds. The van der Waals surface area contributed by atoms with Crippen LogP contribution in [0.3, 0.4) is 0 Å². The molecule has 1 aliphatic carbocycles. The summed E-state index contributed by atoms with van der Waals surface area (Å²) in [6.07, 6.45) is 4.59. The standard InChI is InChI=1S/C26H24ClN3O2S2/c27-18-10-12-19(13-11-18)28-22(31)14-15-33-26-29-24-23(20-8-4-5-9-21(20)34-24)25(32)30(26)16-17-6-2-1-3-7-17/h1-3,6-7,10-13H,4-5,8-9,14-16H2,(H,28,31). The minimum absolute atomic E-state index is 0.0290. The second kappa shape index (κ2) is 10.3. The number of hydrogen-bond donors (Lipinski definition) is 1. The highest BCUT2D eigenvalue weighted by Gasteiger charge is 2.22. The van der Waals surface area contributed by atoms with Crippen molar-refractivity contribution in [1.29, 1.82) is 0 Å². The summed E-state index contributed by atoms with van der Waals surface area (Å²) in [5.74, 6) is 0.441. The fraction of sp³-hybridized carbons (Fsp3) is 0.269. The number of anilines is 1. The number of thioether (sulfide) groups is 1. The molecule has 0 bridgehead atoms. The van der Waals surface area contributed by atoms with Crippen LogP contribution in [0.4, 0.5) is 5.69 Å². The highest BCUT2D eigenvalue weighted by atomic mass is 35.5. The third-order valence-electron chi connectivity index (χ3n) is 5.91. The Kier molecular flexibility index (Phi) is 7.04. The van der Waals surface area contributed by atoms with Gasteiger partial charge < -0.3 is 5.32 Å². The predicted molar refractivity (Wildman–Crippen MR) is 141 cm³/mol. The molecule has 4 aromatic rings. The maximum atomic E-state index is 13.7. The molecule has 5 nitrogen and oxygen atoms in total. The number of carbonyl (C=O) groups excluding carboxylic acids is 1. The van der Waals surface area contributed by atoms with Gasteiger partial charge in [-0.05, 0) is 61.1 Å². The van der Waals surface area contributed by atoms with Crippen molar-refractivity contribution in [2.24, 2.45) is 0 Å². The monoisotopic (exact) mass is 509 g/mol. The van der Waals surface area contributed by atoms with E-state index in [4.69, 9.17) is 16.6 Å². The lowest BCUT2D eigenvalue weighted by Gasteiger charge is -2.14. The lowest BCUT2D eigenvalue weighted by molar-refractivity contribution is -0.115. The van der Waals surface area contributed by atoms with Crippen LogP contribution in [0.1, 0.15) is 35.3 Å². The quantitative estimate of drug-likeness (QED) is 0.239. The highest BCUT2D eigenvalue weighted by molar-refractivity contribution is 7.99. The van der Waals surface area contributed by atoms with E-state index in [1.165, 1.54) is 28.6 Å². The van der Waals surface area contributed by atoms with Crippen molar-refractivity contribution in [3.63, 3.8) is 0 Å². The van der Waals surface area contributed by atoms with Crippen molar-refractivity contribution in [1.82, 2.24) is 9.55 Å². The SMILES string of the molecule is O=C(CCSc1nc2sc3c(c2c(=O)n1Cc1ccccc1)CCCC3)Nc1ccc(Cl)cc1. The van der Waals surface area contributed by atoms with Gasteiger partial charge in [-0.25, -0.2) is 4.98 Å². The second-order valence-corrected chi connectivity index (χ2v) is 10.9. The molecule has 0 saturated heterocycles. The summed E-state index contributed by atoms with van der Waals surface area (Å²) in [5, 5.41) is 4.97. The van der Waals surface area contributed by atoms with E-state index in [1.54, 1.807) is 40.2 Å². The Morgan fingerprint density at radius 3 is 2.65 bits per heavy atom. The zero-order valence-electron chi connectivity index (χ0n) is 18.6. The molecule has 0 radical (unpaired) electrons. The molecule has 1 aliphatic rings. The highest BCUT2D eigenvalue weighted by Crippen LogP contribution is 2.35. The Balaban J connectivity index is 1.39. The van der Waals surface area contributed by atoms with Gasteiger partial charge in [-0.2, -0.15) is 0 Å². The predicted octanol–water partition coefficient (Wildman–Crippen LogP) is 6.16. The summed E-state index contributed by atoms with van der Waals surface area (Å²) in [4.78, 5) is 33.2. The summed E-state index contributed by atoms with van der Waals surface area (Å²) >= 11 is 9.03. The fourth-order valence-electron chi connectivity index (χ4n) is 4.23. The van der Waals surface area contributed by atoms with Gasteiger partial charge in [-0.3, -0.25) is 14.2 Å². The first-order chi connectivity index (χ1) is 16.6. The number of hydrogen-bond acceptors (Lipinski definition) is 5. The average molecular weight is 510 g/mol. The first kappa shape index (κ1) is 23.1. The molecule has 174 valence electrons. The molecule has 34 heavy (non-hydrogen) atoms. The Morgan fingerprint density at radius 2 is 1.85 bits per heavy atom. The number of fused-ring (bicyclic) bond motifs is 3. The second-order valence-electron chi connectivity index (χ2n) is 8.32. The number of aromatic nitrogens is 2. The van der Waals surface area contributed by atoms with Gasteiger partial charge in [0, 0.05) is 27.8 Å². The van der Waals surface area contributed by atoms with E-state index >= 15 is 0 Å². The topological polar surface area (TPSA) is 64.0 Å². The van der Waals surface area contributed by atoms with Crippen molar-refractivity contribution in [2.45, 2.75) is 43.8 Å². The third-order valence-corrected chi connectivity index (χ3v) is 8.33. The molecule has 2 aromatic carbocycles. The van der Waals surface area contributed by atoms with E-state index in [0.717, 1.165) is 35.0 Å². The number of nitrogens with zero attached hydrogens (tertiary/aromatic N) is 2. The molecule has 2 aromatic heterocycles. The van der Waals surface area contributed by atoms with E-state index < -0.39 is 0 Å². The van der Waals surface area contributed by atoms with Crippen molar-refractivity contribution in [3.05, 3.63) is 86.0 Å². The van der Waals surface area contributed by atoms with Crippen LogP contribution >= 0.6 is 34.7 Å². The van der Waals surface area contributed by atoms with E-state index in [2.05, 4.69) is 5.32 Å². The molecule has 8 heteroatoms. The summed E-state index contributed by atoms with van der Waals surface area (Å²) in [6, 6.07) is 17.0. The van der Waals surface area contributed by atoms with Crippen molar-refractivity contribution < 1.29 is 4.79 Å². The summed E-state index contributed by atoms with van der Waals surface area (Å²) in [7, 11) is 0. The van der Waals surface area contributed by atoms with Crippen LogP contribution in [0, 0.1) is 0 Å². The Hall–Kier alpha value is -2.61. The van der Waals surface area contributed by atoms with Gasteiger partial charge >= 0.3 is 0 Å². The first-order valence-electron chi connectivity index (χ1n) is 11.4. The van der Waals surface area contributed by atoms with Crippen LogP contribution in [0.2, 0.25) is 5.02 Å². The van der Waals surface area contributed by atoms with Crippen molar-refractivity contribution >= 4 is 56.5 Å². The molecule has 0 spiro atoms. The van der Waals surface area contributed by atoms with Crippen LogP contribution in [0.15, 0.2) is 64.5 Å². The number of thiophene rings is 1. The molecule has 0 saturated carbocycles. The van der Waals surface area contributed by atoms with Gasteiger partial charge in [-0.1, -0.05) is 53.7 Å². The number of benzene rings is 2. The Labute approximate surface area is 211 Å². The average Bonchev–Trinajstić information content (AvgIpc) is 3.22. The van der Waals surface area contributed by atoms with Crippen LogP contribution in [-0.4, -0.2) is 21.2 Å². The maximum absolute atomic E-state index is 13.7. The largest absolute Gasteiger partial charge is 0.326 e. The molecule has 0 unspecified atom stereocenters. The molecule has 0 fully saturated rings. The molecule has 5 rings (SSSR count). The first-order valence-corrected chi connectivity index (χ1v) is 13.5. The van der Waals surface area contributed by atoms with E-state index in [-0.39, 0.29) is 11.5 Å². The van der Waals surface area contributed by atoms with Crippen molar-refractivity contribution in [3.8, 4) is 0 Å². The molecule has 0 atom stereocenters. The van der Waals surface area contributed by atoms with Crippen molar-refractivity contribution in [2.75, 3.05) is 11.1 Å². The van der Waals surface area contributed by atoms with Gasteiger partial charge in [0.05, 0.1) is 11.9 Å². The van der Waals surface area contributed by atoms with Crippen LogP contribution in [-0.2, 0) is 24.2 Å². The molecule has 2 heterocycles. The van der Waals surface area contributed by atoms with E-state index in [0.29, 0.717) is 34.6 Å². The minimum atomic E-state index is -0.0838. The smallest absolute Gasteiger partial charge is 0.263 e. The Morgan fingerprint density at radius 1 is 1.09 bits per heavy atom. The van der Waals surface area contributed by atoms with Crippen LogP contribution in [0.5, 0.6) is 0 Å². The van der Waals surface area contributed by atoms with E-state index in [1.807, 2.05) is 30.3 Å². The lowest BCUT2D eigenvalue weighted by atomic mass is 9.97. The molecule has 1 N–H and O–H groups in total. The normalized spacial score (nSPS) is 13.1. The fourth-order valence-corrected chi connectivity index (χ4v) is 6.59. The summed E-state index contributed by atoms with van der Waals surface area (Å²) in [6.45, 7) is 0.465. The number of nitrogens with one attached hydrogen (secondary N) is 1. The van der Waals surface area contributed by atoms with Gasteiger partial charge in [-0.15, -0.1) is 11.3 Å². The zero-order chi connectivity index (χ0) is 23.5. The molecular formula is C26H24ClN3O2S2. The van der Waals surface area contributed by atoms with E-state index in [9.17, 15) is 9.59 Å². The molecular weight excluding hydrogens is 486 g/mol. The summed E-state index contributed by atoms with van der Waals surface area (Å²) < 4.78 is 1.78. The number of aryl methyl sites for hydroxylation is 2. The number of carbonyl (C=O) groups is 1. The summed E-state index contributed by atoms with van der Waals surface area (Å²) in [5.41, 5.74) is 2.99. The van der Waals surface area contributed by atoms with Gasteiger partial charge in [0.25, 0.3) is 5.56 Å². The van der Waals surface area contributed by atoms with Gasteiger partial charge in [0.15, 0.2) is 5.16 Å². The number of amides is 1. The zero-order valence-corrected chi connectivity index (χ0v) is 20.9. The number of rotatable bonds is 7. The lowest BCUT2D eigenvalue weighted by Crippen LogP contribution is -2.24. The van der Waals surface area contributed by atoms with Gasteiger partial charge in [0.1, 0.15) is 4.83 Å². The minimum Gasteiger partial charge on any atom is -0.326 e. The molecule has 0 aliphatic heterocycles. The van der Waals surface area contributed by atoms with Gasteiger partial charge in [0.2, 0.25) is 5.91 Å². The third kappa shape index (κ3) is 5.06. The van der Waals surface area contributed by atoms with Crippen LogP contribution < -0.4 is 10.9 Å². The Bertz CT molecular complexity index is 1380.